The molecule has 0 radical (unpaired) electrons. The number of hydrogen-bond donors (Lipinski definition) is 4. The summed E-state index contributed by atoms with van der Waals surface area (Å²) in [5, 5.41) is 45.4. The van der Waals surface area contributed by atoms with Crippen LogP contribution in [0.2, 0.25) is 0 Å². The Morgan fingerprint density at radius 2 is 1.32 bits per heavy atom. The van der Waals surface area contributed by atoms with Gasteiger partial charge in [0.25, 0.3) is 0 Å². The Morgan fingerprint density at radius 3 is 2.06 bits per heavy atom. The van der Waals surface area contributed by atoms with E-state index in [1.165, 1.54) is 70.6 Å². The Bertz CT molecular complexity index is 1350. The number of carbonyl (C=O) groups is 1. The topological polar surface area (TPSA) is 98.0 Å². The lowest BCUT2D eigenvalue weighted by Crippen LogP contribution is -2.65. The van der Waals surface area contributed by atoms with Gasteiger partial charge in [-0.2, -0.15) is 0 Å². The summed E-state index contributed by atoms with van der Waals surface area (Å²) < 4.78 is 0. The van der Waals surface area contributed by atoms with Gasteiger partial charge in [-0.1, -0.05) is 61.3 Å². The standard InChI is InChI=1S/C48H80O5/c1-8-9-27(2)34-13-15-36-33-12-11-30-22-29(18-20-45(30,4)37(33)19-21-46(34,36)5)39-25-32(49)23-31-24-41(50)44-38-16-14-35(28(3)10-17-43(52)53)48(38,7)42(51)26-40(44)47(31,39)6/h27-42,44,49-51H,8-26H2,1-7H3,(H,52,53)/t27-,28-,29?,30?,31+,32+,33?,34-,35-,36?,37?,38+,39?,40+,41-,42+,44+,45+,46-,47-,48-/m1/s1. The average Bonchev–Trinajstić information content (AvgIpc) is 3.65. The number of rotatable bonds is 8. The molecular formula is C48H80O5. The van der Waals surface area contributed by atoms with Gasteiger partial charge in [0.15, 0.2) is 0 Å². The molecule has 8 aliphatic rings. The zero-order chi connectivity index (χ0) is 37.8. The van der Waals surface area contributed by atoms with Gasteiger partial charge in [0, 0.05) is 6.42 Å². The van der Waals surface area contributed by atoms with Gasteiger partial charge in [0.2, 0.25) is 0 Å². The highest BCUT2D eigenvalue weighted by atomic mass is 16.4. The number of fused-ring (bicyclic) bond motifs is 10. The zero-order valence-corrected chi connectivity index (χ0v) is 34.9. The van der Waals surface area contributed by atoms with E-state index in [-0.39, 0.29) is 53.1 Å². The lowest BCUT2D eigenvalue weighted by molar-refractivity contribution is -0.233. The summed E-state index contributed by atoms with van der Waals surface area (Å²) in [5.41, 5.74) is 0.749. The second-order valence-corrected chi connectivity index (χ2v) is 22.8. The molecule has 5 heteroatoms. The predicted octanol–water partition coefficient (Wildman–Crippen LogP) is 10.4. The fourth-order valence-corrected chi connectivity index (χ4v) is 18.8. The zero-order valence-electron chi connectivity index (χ0n) is 34.9. The summed E-state index contributed by atoms with van der Waals surface area (Å²) in [5.74, 6) is 7.25. The Kier molecular flexibility index (Phi) is 10.4. The number of carboxylic acid groups (broad SMARTS) is 1. The van der Waals surface area contributed by atoms with E-state index in [1.807, 2.05) is 0 Å². The van der Waals surface area contributed by atoms with Crippen LogP contribution >= 0.6 is 0 Å². The minimum absolute atomic E-state index is 0.0226. The van der Waals surface area contributed by atoms with Gasteiger partial charge in [-0.15, -0.1) is 0 Å². The van der Waals surface area contributed by atoms with Crippen molar-refractivity contribution in [3.8, 4) is 0 Å². The van der Waals surface area contributed by atoms with E-state index in [2.05, 4.69) is 48.5 Å². The van der Waals surface area contributed by atoms with E-state index in [1.54, 1.807) is 0 Å². The van der Waals surface area contributed by atoms with E-state index in [9.17, 15) is 25.2 Å². The smallest absolute Gasteiger partial charge is 0.303 e. The van der Waals surface area contributed by atoms with Crippen molar-refractivity contribution in [2.24, 2.45) is 105 Å². The van der Waals surface area contributed by atoms with E-state index in [0.717, 1.165) is 74.0 Å². The van der Waals surface area contributed by atoms with Crippen LogP contribution in [-0.2, 0) is 4.79 Å². The average molecular weight is 737 g/mol. The molecule has 0 aromatic carbocycles. The first-order valence-electron chi connectivity index (χ1n) is 23.3. The highest BCUT2D eigenvalue weighted by Crippen LogP contribution is 2.73. The molecule has 0 aromatic heterocycles. The number of aliphatic carboxylic acids is 1. The molecule has 0 saturated heterocycles. The molecule has 4 N–H and O–H groups in total. The number of carboxylic acids is 1. The van der Waals surface area contributed by atoms with Crippen molar-refractivity contribution in [3.05, 3.63) is 0 Å². The Hall–Kier alpha value is -0.650. The van der Waals surface area contributed by atoms with E-state index < -0.39 is 12.1 Å². The second kappa shape index (κ2) is 14.0. The fraction of sp³-hybridized carbons (Fsp3) is 0.979. The molecule has 0 aromatic rings. The van der Waals surface area contributed by atoms with Crippen molar-refractivity contribution in [3.63, 3.8) is 0 Å². The first-order chi connectivity index (χ1) is 25.1. The summed E-state index contributed by atoms with van der Waals surface area (Å²) in [4.78, 5) is 11.5. The van der Waals surface area contributed by atoms with Crippen molar-refractivity contribution < 1.29 is 25.2 Å². The van der Waals surface area contributed by atoms with Crippen LogP contribution in [-0.4, -0.2) is 44.7 Å². The Labute approximate surface area is 323 Å². The monoisotopic (exact) mass is 737 g/mol. The van der Waals surface area contributed by atoms with Crippen LogP contribution in [0.25, 0.3) is 0 Å². The number of aliphatic hydroxyl groups excluding tert-OH is 3. The molecule has 8 fully saturated rings. The Morgan fingerprint density at radius 1 is 0.642 bits per heavy atom. The molecule has 0 aliphatic heterocycles. The van der Waals surface area contributed by atoms with Gasteiger partial charge in [0.05, 0.1) is 18.3 Å². The van der Waals surface area contributed by atoms with Gasteiger partial charge in [-0.05, 0) is 207 Å². The minimum Gasteiger partial charge on any atom is -0.481 e. The minimum atomic E-state index is -0.731. The maximum Gasteiger partial charge on any atom is 0.303 e. The highest BCUT2D eigenvalue weighted by Gasteiger charge is 2.69. The van der Waals surface area contributed by atoms with Gasteiger partial charge < -0.3 is 20.4 Å². The maximum absolute atomic E-state index is 12.3. The van der Waals surface area contributed by atoms with Crippen LogP contribution in [0.1, 0.15) is 170 Å². The summed E-state index contributed by atoms with van der Waals surface area (Å²) in [6.07, 6.45) is 20.4. The fourth-order valence-electron chi connectivity index (χ4n) is 18.8. The van der Waals surface area contributed by atoms with E-state index in [4.69, 9.17) is 0 Å². The molecule has 21 atom stereocenters. The SMILES string of the molecule is CCC[C@@H](C)[C@H]1CCC2C3CCC4CC(C5C[C@@H](O)C[C@H]6C[C@@H](O)[C@@H]7[C@H](C[C@H](O)[C@]8(C)[C@@H]([C@H](C)CCC(=O)O)CC[C@@H]78)[C@@]56C)CC[C@]4(C)C3CC[C@@]21C. The van der Waals surface area contributed by atoms with Crippen LogP contribution in [0.3, 0.4) is 0 Å². The van der Waals surface area contributed by atoms with Crippen molar-refractivity contribution in [2.45, 2.75) is 189 Å². The maximum atomic E-state index is 12.3. The first kappa shape index (κ1) is 39.2. The number of aliphatic hydroxyl groups is 3. The van der Waals surface area contributed by atoms with Crippen LogP contribution in [0.15, 0.2) is 0 Å². The van der Waals surface area contributed by atoms with Gasteiger partial charge >= 0.3 is 5.97 Å². The third kappa shape index (κ3) is 5.84. The van der Waals surface area contributed by atoms with Crippen molar-refractivity contribution in [1.29, 1.82) is 0 Å². The lowest BCUT2D eigenvalue weighted by atomic mass is 9.38. The molecule has 8 rings (SSSR count). The summed E-state index contributed by atoms with van der Waals surface area (Å²) in [7, 11) is 0. The molecule has 0 amide bonds. The third-order valence-corrected chi connectivity index (χ3v) is 21.3. The van der Waals surface area contributed by atoms with Crippen molar-refractivity contribution in [2.75, 3.05) is 0 Å². The molecule has 302 valence electrons. The Balaban J connectivity index is 1.02. The molecule has 0 spiro atoms. The quantitative estimate of drug-likeness (QED) is 0.199. The summed E-state index contributed by atoms with van der Waals surface area (Å²) >= 11 is 0. The third-order valence-electron chi connectivity index (χ3n) is 21.3. The van der Waals surface area contributed by atoms with Gasteiger partial charge in [-0.25, -0.2) is 0 Å². The molecule has 8 saturated carbocycles. The van der Waals surface area contributed by atoms with E-state index in [0.29, 0.717) is 40.9 Å². The lowest BCUT2D eigenvalue weighted by Gasteiger charge is -2.67. The molecule has 0 bridgehead atoms. The molecule has 8 aliphatic carbocycles. The van der Waals surface area contributed by atoms with E-state index >= 15 is 0 Å². The first-order valence-corrected chi connectivity index (χ1v) is 23.3. The van der Waals surface area contributed by atoms with Crippen LogP contribution in [0.5, 0.6) is 0 Å². The largest absolute Gasteiger partial charge is 0.481 e. The van der Waals surface area contributed by atoms with Crippen LogP contribution in [0, 0.1) is 105 Å². The molecule has 53 heavy (non-hydrogen) atoms. The highest BCUT2D eigenvalue weighted by molar-refractivity contribution is 5.66. The van der Waals surface area contributed by atoms with Gasteiger partial charge in [-0.3, -0.25) is 4.79 Å². The number of hydrogen-bond acceptors (Lipinski definition) is 4. The molecular weight excluding hydrogens is 657 g/mol. The van der Waals surface area contributed by atoms with Crippen molar-refractivity contribution >= 4 is 5.97 Å². The van der Waals surface area contributed by atoms with Crippen LogP contribution < -0.4 is 0 Å². The normalized spacial score (nSPS) is 55.8. The van der Waals surface area contributed by atoms with Crippen molar-refractivity contribution in [1.82, 2.24) is 0 Å². The molecule has 6 unspecified atom stereocenters. The predicted molar refractivity (Wildman–Crippen MR) is 212 cm³/mol. The van der Waals surface area contributed by atoms with Gasteiger partial charge in [0.1, 0.15) is 0 Å². The summed E-state index contributed by atoms with van der Waals surface area (Å²) in [6.45, 7) is 17.5. The van der Waals surface area contributed by atoms with Crippen LogP contribution in [0.4, 0.5) is 0 Å². The molecule has 0 heterocycles. The molecule has 5 nitrogen and oxygen atoms in total. The second-order valence-electron chi connectivity index (χ2n) is 22.8. The summed E-state index contributed by atoms with van der Waals surface area (Å²) in [6, 6.07) is 0.